The van der Waals surface area contributed by atoms with Crippen LogP contribution in [0.5, 0.6) is 0 Å². The average Bonchev–Trinajstić information content (AvgIpc) is 1.49. The van der Waals surface area contributed by atoms with Gasteiger partial charge in [0.2, 0.25) is 0 Å². The minimum atomic E-state index is 0.670. The average molecular weight is 1410 g/mol. The lowest BCUT2D eigenvalue weighted by molar-refractivity contribution is 1.17. The predicted molar refractivity (Wildman–Crippen MR) is 455 cm³/mol. The first kappa shape index (κ1) is 60.6. The van der Waals surface area contributed by atoms with E-state index in [9.17, 15) is 0 Å². The maximum atomic E-state index is 5.61. The molecule has 500 valence electrons. The molecule has 15 aromatic carbocycles. The highest BCUT2D eigenvalue weighted by Gasteiger charge is 2.24. The lowest BCUT2D eigenvalue weighted by Gasteiger charge is -2.14. The van der Waals surface area contributed by atoms with E-state index in [-0.39, 0.29) is 0 Å². The summed E-state index contributed by atoms with van der Waals surface area (Å²) < 4.78 is 9.63. The van der Waals surface area contributed by atoms with Gasteiger partial charge >= 0.3 is 0 Å². The van der Waals surface area contributed by atoms with Gasteiger partial charge in [-0.05, 0) is 146 Å². The van der Waals surface area contributed by atoms with Crippen LogP contribution in [0.3, 0.4) is 0 Å². The Morgan fingerprint density at radius 2 is 0.713 bits per heavy atom. The second kappa shape index (κ2) is 23.9. The van der Waals surface area contributed by atoms with Gasteiger partial charge in [0.25, 0.3) is 0 Å². The molecule has 0 aliphatic rings. The van der Waals surface area contributed by atoms with Crippen molar-refractivity contribution in [3.05, 3.63) is 346 Å². The van der Waals surface area contributed by atoms with Gasteiger partial charge < -0.3 is 9.13 Å². The van der Waals surface area contributed by atoms with E-state index in [4.69, 9.17) is 24.9 Å². The maximum Gasteiger partial charge on any atom is 0.160 e. The minimum absolute atomic E-state index is 0.670. The SMILES string of the molecule is c1ccc(-c2nc(-c3ccc(-c4cncc5cc(-c6ccc7sc8c(-c9ccc(-n%10c%11ccccc%11c%11cc(-n%12c%13ccccc%13c%13ccccc%13%12)ccc%11%10)cc9)c9c(ccc%10ccccc%109)nc8c7c6)ccc45)cc3)cc(-c3ccc(-c4c5sc6ccccc6c5nc5ccc6ccccc6c45)cc3)n2)cc1. The summed E-state index contributed by atoms with van der Waals surface area (Å²) in [6, 6.07) is 121. The van der Waals surface area contributed by atoms with Gasteiger partial charge in [0.05, 0.1) is 64.9 Å². The topological polar surface area (TPSA) is 74.3 Å². The van der Waals surface area contributed by atoms with Gasteiger partial charge in [-0.15, -0.1) is 22.7 Å². The number of hydrogen-bond donors (Lipinski definition) is 0. The Bertz CT molecular complexity index is 7670. The normalized spacial score (nSPS) is 12.1. The van der Waals surface area contributed by atoms with Crippen LogP contribution in [0.25, 0.3) is 228 Å². The maximum absolute atomic E-state index is 5.61. The van der Waals surface area contributed by atoms with Crippen LogP contribution in [-0.2, 0) is 0 Å². The zero-order chi connectivity index (χ0) is 70.7. The van der Waals surface area contributed by atoms with Gasteiger partial charge in [-0.3, -0.25) is 4.98 Å². The summed E-state index contributed by atoms with van der Waals surface area (Å²) in [4.78, 5) is 26.4. The van der Waals surface area contributed by atoms with E-state index in [1.807, 2.05) is 53.3 Å². The van der Waals surface area contributed by atoms with E-state index in [0.717, 1.165) is 117 Å². The molecule has 0 spiro atoms. The number of pyridine rings is 3. The van der Waals surface area contributed by atoms with Gasteiger partial charge in [0.1, 0.15) is 0 Å². The fourth-order valence-electron chi connectivity index (χ4n) is 17.1. The largest absolute Gasteiger partial charge is 0.309 e. The van der Waals surface area contributed by atoms with E-state index in [1.54, 1.807) is 0 Å². The highest BCUT2D eigenvalue weighted by molar-refractivity contribution is 7.26. The van der Waals surface area contributed by atoms with Crippen LogP contribution in [0, 0.1) is 0 Å². The second-order valence-corrected chi connectivity index (χ2v) is 30.3. The Kier molecular flexibility index (Phi) is 13.4. The van der Waals surface area contributed by atoms with Crippen LogP contribution in [0.4, 0.5) is 0 Å². The Hall–Kier alpha value is -13.8. The van der Waals surface area contributed by atoms with Crippen LogP contribution in [0.2, 0.25) is 0 Å². The predicted octanol–water partition coefficient (Wildman–Crippen LogP) is 27.0. The number of para-hydroxylation sites is 3. The summed E-state index contributed by atoms with van der Waals surface area (Å²) in [7, 11) is 0. The Balaban J connectivity index is 0.580. The molecule has 0 unspecified atom stereocenters. The molecule has 23 aromatic rings. The zero-order valence-corrected chi connectivity index (χ0v) is 59.5. The fourth-order valence-corrected chi connectivity index (χ4v) is 19.5. The van der Waals surface area contributed by atoms with Crippen molar-refractivity contribution < 1.29 is 0 Å². The lowest BCUT2D eigenvalue weighted by atomic mass is 9.94. The number of benzene rings is 15. The monoisotopic (exact) mass is 1410 g/mol. The van der Waals surface area contributed by atoms with Crippen molar-refractivity contribution in [2.75, 3.05) is 0 Å². The van der Waals surface area contributed by atoms with Crippen LogP contribution < -0.4 is 0 Å². The standard InChI is InChI=1S/C99H57N7S2/c1-2-18-65(19-3-1)99-103-83(55-84(104-99)62-34-36-63(37-35-62)91-93-72-20-6-4-16-58(72)41-48-81(93)101-95-77-25-11-15-29-89(77)107-97(91)95)61-32-30-60(31-33-61)80-57-100-56-68-52-66(40-47-71(68)80)67-43-51-90-79(53-67)96-98(108-90)92(94-73-21-7-5-17-59(73)42-49-82(94)102-96)64-38-44-69(45-39-64)105-87-28-14-10-24-76(87)78-54-70(46-50-88(78)105)106-85-26-12-8-22-74(85)75-23-9-13-27-86(75)106/h1-57H. The van der Waals surface area contributed by atoms with Gasteiger partial charge in [-0.1, -0.05) is 243 Å². The van der Waals surface area contributed by atoms with Crippen molar-refractivity contribution >= 4 is 161 Å². The molecule has 9 heteroatoms. The van der Waals surface area contributed by atoms with E-state index in [1.165, 1.54) is 106 Å². The first-order chi connectivity index (χ1) is 53.5. The van der Waals surface area contributed by atoms with Crippen molar-refractivity contribution in [2.45, 2.75) is 0 Å². The first-order valence-corrected chi connectivity index (χ1v) is 38.1. The third kappa shape index (κ3) is 9.42. The van der Waals surface area contributed by atoms with Gasteiger partial charge in [-0.2, -0.15) is 0 Å². The summed E-state index contributed by atoms with van der Waals surface area (Å²) in [5.41, 5.74) is 24.7. The molecule has 0 bridgehead atoms. The number of aromatic nitrogens is 7. The molecule has 23 rings (SSSR count). The molecule has 0 saturated carbocycles. The minimum Gasteiger partial charge on any atom is -0.309 e. The van der Waals surface area contributed by atoms with Crippen molar-refractivity contribution in [1.82, 2.24) is 34.1 Å². The van der Waals surface area contributed by atoms with Gasteiger partial charge in [0, 0.05) is 115 Å². The highest BCUT2D eigenvalue weighted by Crippen LogP contribution is 2.49. The van der Waals surface area contributed by atoms with Crippen LogP contribution in [0.1, 0.15) is 0 Å². The molecule has 8 aromatic heterocycles. The molecule has 8 heterocycles. The van der Waals surface area contributed by atoms with Gasteiger partial charge in [0.15, 0.2) is 5.82 Å². The summed E-state index contributed by atoms with van der Waals surface area (Å²) in [6.07, 6.45) is 3.98. The van der Waals surface area contributed by atoms with Crippen LogP contribution >= 0.6 is 22.7 Å². The molecule has 0 radical (unpaired) electrons. The van der Waals surface area contributed by atoms with Crippen LogP contribution in [0.15, 0.2) is 346 Å². The van der Waals surface area contributed by atoms with E-state index in [0.29, 0.717) is 5.82 Å². The Labute approximate surface area is 626 Å². The number of rotatable bonds is 9. The highest BCUT2D eigenvalue weighted by atomic mass is 32.1. The summed E-state index contributed by atoms with van der Waals surface area (Å²) in [6.45, 7) is 0. The number of fused-ring (bicyclic) bond motifs is 19. The summed E-state index contributed by atoms with van der Waals surface area (Å²) >= 11 is 3.65. The molecular weight excluding hydrogens is 1350 g/mol. The fraction of sp³-hybridized carbons (Fsp3) is 0. The Morgan fingerprint density at radius 3 is 1.34 bits per heavy atom. The number of nitrogens with zero attached hydrogens (tertiary/aromatic N) is 7. The van der Waals surface area contributed by atoms with Crippen molar-refractivity contribution in [3.63, 3.8) is 0 Å². The summed E-state index contributed by atoms with van der Waals surface area (Å²) in [5.74, 6) is 0.670. The molecule has 108 heavy (non-hydrogen) atoms. The molecule has 0 aliphatic carbocycles. The van der Waals surface area contributed by atoms with Crippen LogP contribution in [-0.4, -0.2) is 34.1 Å². The molecule has 0 amide bonds. The molecule has 0 fully saturated rings. The second-order valence-electron chi connectivity index (χ2n) is 28.2. The third-order valence-electron chi connectivity index (χ3n) is 22.2. The van der Waals surface area contributed by atoms with Crippen molar-refractivity contribution in [2.24, 2.45) is 0 Å². The zero-order valence-electron chi connectivity index (χ0n) is 57.9. The molecular formula is C99H57N7S2. The smallest absolute Gasteiger partial charge is 0.160 e. The molecule has 0 N–H and O–H groups in total. The van der Waals surface area contributed by atoms with E-state index in [2.05, 4.69) is 325 Å². The molecule has 7 nitrogen and oxygen atoms in total. The quantitative estimate of drug-likeness (QED) is 0.135. The van der Waals surface area contributed by atoms with Gasteiger partial charge in [-0.25, -0.2) is 19.9 Å². The van der Waals surface area contributed by atoms with Crippen molar-refractivity contribution in [1.29, 1.82) is 0 Å². The number of thiophene rings is 2. The molecule has 0 aliphatic heterocycles. The van der Waals surface area contributed by atoms with Crippen molar-refractivity contribution in [3.8, 4) is 89.8 Å². The third-order valence-corrected chi connectivity index (χ3v) is 24.5. The molecule has 0 atom stereocenters. The van der Waals surface area contributed by atoms with E-state index < -0.39 is 0 Å². The summed E-state index contributed by atoms with van der Waals surface area (Å²) in [5, 5.41) is 16.6. The lowest BCUT2D eigenvalue weighted by Crippen LogP contribution is -1.96. The number of hydrogen-bond acceptors (Lipinski definition) is 7. The first-order valence-electron chi connectivity index (χ1n) is 36.5. The Morgan fingerprint density at radius 1 is 0.250 bits per heavy atom. The van der Waals surface area contributed by atoms with E-state index >= 15 is 0 Å². The molecule has 0 saturated heterocycles.